The molecule has 1 saturated carbocycles. The molecule has 3 nitrogen and oxygen atoms in total. The van der Waals surface area contributed by atoms with Gasteiger partial charge >= 0.3 is 0 Å². The molecule has 1 amide bonds. The molecule has 1 atom stereocenters. The molecule has 0 saturated heterocycles. The second-order valence-corrected chi connectivity index (χ2v) is 6.80. The highest BCUT2D eigenvalue weighted by atomic mass is 16.5. The first-order valence-corrected chi connectivity index (χ1v) is 8.54. The van der Waals surface area contributed by atoms with E-state index in [1.165, 1.54) is 24.8 Å². The maximum atomic E-state index is 12.6. The van der Waals surface area contributed by atoms with Crippen LogP contribution in [0.15, 0.2) is 24.3 Å². The third-order valence-electron chi connectivity index (χ3n) is 4.52. The first kappa shape index (κ1) is 16.9. The van der Waals surface area contributed by atoms with Gasteiger partial charge in [0.05, 0.1) is 13.2 Å². The summed E-state index contributed by atoms with van der Waals surface area (Å²) in [7, 11) is 1.67. The zero-order chi connectivity index (χ0) is 15.9. The van der Waals surface area contributed by atoms with Crippen molar-refractivity contribution >= 4 is 5.91 Å². The molecule has 22 heavy (non-hydrogen) atoms. The van der Waals surface area contributed by atoms with Crippen LogP contribution in [0.25, 0.3) is 0 Å². The van der Waals surface area contributed by atoms with Gasteiger partial charge in [0.15, 0.2) is 0 Å². The van der Waals surface area contributed by atoms with Crippen molar-refractivity contribution in [3.05, 3.63) is 29.8 Å². The van der Waals surface area contributed by atoms with E-state index < -0.39 is 0 Å². The van der Waals surface area contributed by atoms with E-state index in [9.17, 15) is 4.79 Å². The number of ether oxygens (including phenoxy) is 1. The van der Waals surface area contributed by atoms with Crippen LogP contribution >= 0.6 is 0 Å². The second-order valence-electron chi connectivity index (χ2n) is 6.80. The van der Waals surface area contributed by atoms with E-state index in [0.29, 0.717) is 5.92 Å². The van der Waals surface area contributed by atoms with E-state index in [1.54, 1.807) is 7.11 Å². The van der Waals surface area contributed by atoms with Gasteiger partial charge in [-0.1, -0.05) is 45.2 Å². The SMILES string of the molecule is COc1ccc([C@@H](CC(C)C)NC(=O)C2CCCCC2)cc1. The van der Waals surface area contributed by atoms with Crippen molar-refractivity contribution in [1.29, 1.82) is 0 Å². The molecule has 3 heteroatoms. The van der Waals surface area contributed by atoms with Crippen molar-refractivity contribution in [1.82, 2.24) is 5.32 Å². The van der Waals surface area contributed by atoms with Crippen molar-refractivity contribution in [3.63, 3.8) is 0 Å². The fourth-order valence-corrected chi connectivity index (χ4v) is 3.24. The topological polar surface area (TPSA) is 38.3 Å². The molecule has 0 bridgehead atoms. The highest BCUT2D eigenvalue weighted by Crippen LogP contribution is 2.27. The molecule has 1 aromatic carbocycles. The van der Waals surface area contributed by atoms with Crippen LogP contribution in [-0.4, -0.2) is 13.0 Å². The summed E-state index contributed by atoms with van der Waals surface area (Å²) >= 11 is 0. The summed E-state index contributed by atoms with van der Waals surface area (Å²) < 4.78 is 5.22. The third-order valence-corrected chi connectivity index (χ3v) is 4.52. The van der Waals surface area contributed by atoms with Crippen LogP contribution in [0, 0.1) is 11.8 Å². The lowest BCUT2D eigenvalue weighted by atomic mass is 9.88. The normalized spacial score (nSPS) is 17.3. The van der Waals surface area contributed by atoms with E-state index >= 15 is 0 Å². The number of carbonyl (C=O) groups is 1. The molecule has 122 valence electrons. The Labute approximate surface area is 134 Å². The average Bonchev–Trinajstić information content (AvgIpc) is 2.54. The summed E-state index contributed by atoms with van der Waals surface area (Å²) in [5.74, 6) is 1.84. The zero-order valence-electron chi connectivity index (χ0n) is 14.1. The Morgan fingerprint density at radius 2 is 1.82 bits per heavy atom. The minimum atomic E-state index is 0.0975. The van der Waals surface area contributed by atoms with Gasteiger partial charge in [-0.25, -0.2) is 0 Å². The van der Waals surface area contributed by atoms with Crippen LogP contribution in [0.4, 0.5) is 0 Å². The number of rotatable bonds is 6. The van der Waals surface area contributed by atoms with Gasteiger partial charge in [-0.2, -0.15) is 0 Å². The van der Waals surface area contributed by atoms with Gasteiger partial charge in [0.1, 0.15) is 5.75 Å². The van der Waals surface area contributed by atoms with E-state index in [0.717, 1.165) is 25.0 Å². The first-order chi connectivity index (χ1) is 10.6. The van der Waals surface area contributed by atoms with Crippen LogP contribution in [0.5, 0.6) is 5.75 Å². The largest absolute Gasteiger partial charge is 0.497 e. The lowest BCUT2D eigenvalue weighted by Crippen LogP contribution is -2.35. The minimum absolute atomic E-state index is 0.0975. The predicted octanol–water partition coefficient (Wildman–Crippen LogP) is 4.48. The number of hydrogen-bond donors (Lipinski definition) is 1. The van der Waals surface area contributed by atoms with Gasteiger partial charge < -0.3 is 10.1 Å². The van der Waals surface area contributed by atoms with Crippen LogP contribution in [-0.2, 0) is 4.79 Å². The summed E-state index contributed by atoms with van der Waals surface area (Å²) in [5.41, 5.74) is 1.17. The molecule has 0 heterocycles. The Bertz CT molecular complexity index is 461. The summed E-state index contributed by atoms with van der Waals surface area (Å²) in [6.07, 6.45) is 6.71. The fraction of sp³-hybridized carbons (Fsp3) is 0.632. The number of amides is 1. The molecule has 2 rings (SSSR count). The third kappa shape index (κ3) is 4.75. The zero-order valence-corrected chi connectivity index (χ0v) is 14.1. The Morgan fingerprint density at radius 3 is 2.36 bits per heavy atom. The molecule has 0 aromatic heterocycles. The molecule has 0 spiro atoms. The number of benzene rings is 1. The van der Waals surface area contributed by atoms with E-state index in [-0.39, 0.29) is 17.9 Å². The molecule has 1 aliphatic rings. The van der Waals surface area contributed by atoms with Gasteiger partial charge in [0, 0.05) is 5.92 Å². The van der Waals surface area contributed by atoms with Crippen molar-refractivity contribution in [2.45, 2.75) is 58.4 Å². The number of methoxy groups -OCH3 is 1. The number of hydrogen-bond acceptors (Lipinski definition) is 2. The molecular weight excluding hydrogens is 274 g/mol. The quantitative estimate of drug-likeness (QED) is 0.841. The van der Waals surface area contributed by atoms with Crippen molar-refractivity contribution in [2.75, 3.05) is 7.11 Å². The monoisotopic (exact) mass is 303 g/mol. The molecule has 1 aromatic rings. The molecule has 0 unspecified atom stereocenters. The average molecular weight is 303 g/mol. The lowest BCUT2D eigenvalue weighted by Gasteiger charge is -2.26. The van der Waals surface area contributed by atoms with E-state index in [1.807, 2.05) is 12.1 Å². The standard InChI is InChI=1S/C19H29NO2/c1-14(2)13-18(15-9-11-17(22-3)12-10-15)20-19(21)16-7-5-4-6-8-16/h9-12,14,16,18H,4-8,13H2,1-3H3,(H,20,21)/t18-/m1/s1. The highest BCUT2D eigenvalue weighted by Gasteiger charge is 2.24. The van der Waals surface area contributed by atoms with Crippen molar-refractivity contribution in [2.24, 2.45) is 11.8 Å². The van der Waals surface area contributed by atoms with Crippen LogP contribution in [0.1, 0.15) is 64.0 Å². The predicted molar refractivity (Wildman–Crippen MR) is 89.9 cm³/mol. The summed E-state index contributed by atoms with van der Waals surface area (Å²) in [5, 5.41) is 3.29. The number of nitrogens with one attached hydrogen (secondary N) is 1. The Hall–Kier alpha value is -1.51. The van der Waals surface area contributed by atoms with Crippen molar-refractivity contribution < 1.29 is 9.53 Å². The maximum absolute atomic E-state index is 12.6. The smallest absolute Gasteiger partial charge is 0.223 e. The second kappa shape index (κ2) is 8.21. The van der Waals surface area contributed by atoms with Gasteiger partial charge in [0.2, 0.25) is 5.91 Å². The molecule has 0 aliphatic heterocycles. The summed E-state index contributed by atoms with van der Waals surface area (Å²) in [6, 6.07) is 8.16. The Balaban J connectivity index is 2.05. The first-order valence-electron chi connectivity index (χ1n) is 8.54. The molecule has 1 N–H and O–H groups in total. The Morgan fingerprint density at radius 1 is 1.18 bits per heavy atom. The summed E-state index contributed by atoms with van der Waals surface area (Å²) in [6.45, 7) is 4.40. The van der Waals surface area contributed by atoms with E-state index in [2.05, 4.69) is 31.3 Å². The van der Waals surface area contributed by atoms with Crippen LogP contribution in [0.3, 0.4) is 0 Å². The lowest BCUT2D eigenvalue weighted by molar-refractivity contribution is -0.126. The molecular formula is C19H29NO2. The van der Waals surface area contributed by atoms with Gasteiger partial charge in [-0.05, 0) is 42.9 Å². The maximum Gasteiger partial charge on any atom is 0.223 e. The van der Waals surface area contributed by atoms with Gasteiger partial charge in [-0.15, -0.1) is 0 Å². The van der Waals surface area contributed by atoms with E-state index in [4.69, 9.17) is 4.74 Å². The highest BCUT2D eigenvalue weighted by molar-refractivity contribution is 5.79. The van der Waals surface area contributed by atoms with Gasteiger partial charge in [-0.3, -0.25) is 4.79 Å². The number of carbonyl (C=O) groups excluding carboxylic acids is 1. The minimum Gasteiger partial charge on any atom is -0.497 e. The van der Waals surface area contributed by atoms with Crippen LogP contribution in [0.2, 0.25) is 0 Å². The van der Waals surface area contributed by atoms with Crippen LogP contribution < -0.4 is 10.1 Å². The molecule has 1 aliphatic carbocycles. The Kier molecular flexibility index (Phi) is 6.29. The van der Waals surface area contributed by atoms with Crippen molar-refractivity contribution in [3.8, 4) is 5.75 Å². The molecule has 1 fully saturated rings. The molecule has 0 radical (unpaired) electrons. The van der Waals surface area contributed by atoms with Gasteiger partial charge in [0.25, 0.3) is 0 Å². The fourth-order valence-electron chi connectivity index (χ4n) is 3.24. The summed E-state index contributed by atoms with van der Waals surface area (Å²) in [4.78, 5) is 12.6.